The van der Waals surface area contributed by atoms with Gasteiger partial charge in [-0.3, -0.25) is 5.10 Å². The molecule has 0 aromatic carbocycles. The number of hydrogen-bond donors (Lipinski definition) is 2. The zero-order chi connectivity index (χ0) is 9.80. The molecule has 0 amide bonds. The SMILES string of the molecule is CNC(Cc1nccs1)c1ncn[nH]1. The van der Waals surface area contributed by atoms with Crippen LogP contribution in [-0.2, 0) is 6.42 Å². The third kappa shape index (κ3) is 1.97. The molecule has 0 aliphatic rings. The second kappa shape index (κ2) is 4.30. The van der Waals surface area contributed by atoms with Gasteiger partial charge >= 0.3 is 0 Å². The number of hydrogen-bond acceptors (Lipinski definition) is 5. The zero-order valence-electron chi connectivity index (χ0n) is 7.77. The van der Waals surface area contributed by atoms with Crippen LogP contribution in [0.3, 0.4) is 0 Å². The molecule has 0 saturated carbocycles. The second-order valence-corrected chi connectivity index (χ2v) is 3.82. The Morgan fingerprint density at radius 2 is 2.50 bits per heavy atom. The van der Waals surface area contributed by atoms with Gasteiger partial charge < -0.3 is 5.32 Å². The van der Waals surface area contributed by atoms with E-state index in [-0.39, 0.29) is 6.04 Å². The Kier molecular flexibility index (Phi) is 2.85. The van der Waals surface area contributed by atoms with Crippen LogP contribution >= 0.6 is 11.3 Å². The number of nitrogens with zero attached hydrogens (tertiary/aromatic N) is 3. The van der Waals surface area contributed by atoms with Crippen LogP contribution in [-0.4, -0.2) is 27.2 Å². The molecule has 2 N–H and O–H groups in total. The highest BCUT2D eigenvalue weighted by molar-refractivity contribution is 7.09. The lowest BCUT2D eigenvalue weighted by Gasteiger charge is -2.10. The summed E-state index contributed by atoms with van der Waals surface area (Å²) in [5.74, 6) is 0.850. The topological polar surface area (TPSA) is 66.5 Å². The Labute approximate surface area is 85.6 Å². The molecule has 14 heavy (non-hydrogen) atoms. The van der Waals surface area contributed by atoms with Crippen LogP contribution in [0.5, 0.6) is 0 Å². The standard InChI is InChI=1S/C8H11N5S/c1-9-6(8-11-5-12-13-8)4-7-10-2-3-14-7/h2-3,5-6,9H,4H2,1H3,(H,11,12,13). The fourth-order valence-corrected chi connectivity index (χ4v) is 1.91. The number of aromatic amines is 1. The number of H-pyrrole nitrogens is 1. The minimum absolute atomic E-state index is 0.156. The van der Waals surface area contributed by atoms with Crippen LogP contribution < -0.4 is 5.32 Å². The summed E-state index contributed by atoms with van der Waals surface area (Å²) < 4.78 is 0. The average molecular weight is 209 g/mol. The minimum atomic E-state index is 0.156. The van der Waals surface area contributed by atoms with Crippen molar-refractivity contribution in [2.24, 2.45) is 0 Å². The molecule has 0 fully saturated rings. The Morgan fingerprint density at radius 3 is 3.07 bits per heavy atom. The number of thiazole rings is 1. The van der Waals surface area contributed by atoms with Gasteiger partial charge in [-0.2, -0.15) is 5.10 Å². The van der Waals surface area contributed by atoms with E-state index in [4.69, 9.17) is 0 Å². The molecule has 0 radical (unpaired) electrons. The molecule has 1 atom stereocenters. The smallest absolute Gasteiger partial charge is 0.141 e. The van der Waals surface area contributed by atoms with E-state index in [0.717, 1.165) is 17.3 Å². The van der Waals surface area contributed by atoms with E-state index < -0.39 is 0 Å². The average Bonchev–Trinajstić information content (AvgIpc) is 2.86. The summed E-state index contributed by atoms with van der Waals surface area (Å²) in [4.78, 5) is 8.35. The van der Waals surface area contributed by atoms with Crippen LogP contribution in [0.2, 0.25) is 0 Å². The Hall–Kier alpha value is -1.27. The van der Waals surface area contributed by atoms with Gasteiger partial charge in [0.05, 0.1) is 11.0 Å². The van der Waals surface area contributed by atoms with Crippen molar-refractivity contribution in [2.45, 2.75) is 12.5 Å². The maximum atomic E-state index is 4.23. The molecule has 0 bridgehead atoms. The van der Waals surface area contributed by atoms with E-state index in [1.807, 2.05) is 18.6 Å². The minimum Gasteiger partial charge on any atom is -0.310 e. The van der Waals surface area contributed by atoms with Crippen molar-refractivity contribution in [1.29, 1.82) is 0 Å². The lowest BCUT2D eigenvalue weighted by atomic mass is 10.2. The molecule has 6 heteroatoms. The van der Waals surface area contributed by atoms with Gasteiger partial charge in [0.15, 0.2) is 0 Å². The van der Waals surface area contributed by atoms with Gasteiger partial charge in [0.2, 0.25) is 0 Å². The number of rotatable bonds is 4. The molecule has 1 unspecified atom stereocenters. The van der Waals surface area contributed by atoms with E-state index in [1.165, 1.54) is 6.33 Å². The summed E-state index contributed by atoms with van der Waals surface area (Å²) >= 11 is 1.65. The summed E-state index contributed by atoms with van der Waals surface area (Å²) in [6.45, 7) is 0. The second-order valence-electron chi connectivity index (χ2n) is 2.84. The highest BCUT2D eigenvalue weighted by atomic mass is 32.1. The first-order valence-corrected chi connectivity index (χ1v) is 5.19. The lowest BCUT2D eigenvalue weighted by molar-refractivity contribution is 0.558. The predicted molar refractivity (Wildman–Crippen MR) is 54.0 cm³/mol. The molecule has 0 aliphatic heterocycles. The molecule has 2 rings (SSSR count). The first-order valence-electron chi connectivity index (χ1n) is 4.31. The van der Waals surface area contributed by atoms with E-state index in [2.05, 4.69) is 25.5 Å². The Balaban J connectivity index is 2.08. The van der Waals surface area contributed by atoms with Crippen LogP contribution in [0.25, 0.3) is 0 Å². The largest absolute Gasteiger partial charge is 0.310 e. The number of aromatic nitrogens is 4. The van der Waals surface area contributed by atoms with Gasteiger partial charge in [-0.25, -0.2) is 9.97 Å². The molecule has 0 aliphatic carbocycles. The van der Waals surface area contributed by atoms with Gasteiger partial charge in [0.25, 0.3) is 0 Å². The molecular weight excluding hydrogens is 198 g/mol. The third-order valence-electron chi connectivity index (χ3n) is 1.97. The van der Waals surface area contributed by atoms with E-state index in [0.29, 0.717) is 0 Å². The van der Waals surface area contributed by atoms with Crippen molar-refractivity contribution in [1.82, 2.24) is 25.5 Å². The maximum absolute atomic E-state index is 4.23. The summed E-state index contributed by atoms with van der Waals surface area (Å²) in [5.41, 5.74) is 0. The molecule has 2 heterocycles. The van der Waals surface area contributed by atoms with Crippen LogP contribution in [0.15, 0.2) is 17.9 Å². The maximum Gasteiger partial charge on any atom is 0.141 e. The summed E-state index contributed by atoms with van der Waals surface area (Å²) in [6.07, 6.45) is 4.16. The van der Waals surface area contributed by atoms with Crippen molar-refractivity contribution in [2.75, 3.05) is 7.05 Å². The van der Waals surface area contributed by atoms with E-state index in [1.54, 1.807) is 11.3 Å². The molecule has 5 nitrogen and oxygen atoms in total. The van der Waals surface area contributed by atoms with Crippen molar-refractivity contribution in [3.8, 4) is 0 Å². The number of nitrogens with one attached hydrogen (secondary N) is 2. The van der Waals surface area contributed by atoms with Gasteiger partial charge in [-0.1, -0.05) is 0 Å². The first-order chi connectivity index (χ1) is 6.90. The monoisotopic (exact) mass is 209 g/mol. The van der Waals surface area contributed by atoms with E-state index >= 15 is 0 Å². The van der Waals surface area contributed by atoms with Crippen molar-refractivity contribution >= 4 is 11.3 Å². The predicted octanol–water partition coefficient (Wildman–Crippen LogP) is 0.764. The molecule has 2 aromatic rings. The third-order valence-corrected chi connectivity index (χ3v) is 2.78. The molecule has 0 spiro atoms. The summed E-state index contributed by atoms with van der Waals surface area (Å²) in [6, 6.07) is 0.156. The fraction of sp³-hybridized carbons (Fsp3) is 0.375. The lowest BCUT2D eigenvalue weighted by Crippen LogP contribution is -2.20. The van der Waals surface area contributed by atoms with Crippen molar-refractivity contribution in [3.63, 3.8) is 0 Å². The van der Waals surface area contributed by atoms with E-state index in [9.17, 15) is 0 Å². The van der Waals surface area contributed by atoms with Crippen LogP contribution in [0.4, 0.5) is 0 Å². The number of likely N-dealkylation sites (N-methyl/N-ethyl adjacent to an activating group) is 1. The summed E-state index contributed by atoms with van der Waals surface area (Å²) in [5, 5.41) is 12.9. The van der Waals surface area contributed by atoms with Gasteiger partial charge in [-0.15, -0.1) is 11.3 Å². The summed E-state index contributed by atoms with van der Waals surface area (Å²) in [7, 11) is 1.90. The molecule has 0 saturated heterocycles. The first kappa shape index (κ1) is 9.29. The highest BCUT2D eigenvalue weighted by Crippen LogP contribution is 2.15. The molecule has 74 valence electrons. The van der Waals surface area contributed by atoms with Crippen molar-refractivity contribution in [3.05, 3.63) is 28.7 Å². The van der Waals surface area contributed by atoms with Gasteiger partial charge in [0, 0.05) is 18.0 Å². The molecular formula is C8H11N5S. The zero-order valence-corrected chi connectivity index (χ0v) is 8.58. The van der Waals surface area contributed by atoms with Gasteiger partial charge in [-0.05, 0) is 7.05 Å². The highest BCUT2D eigenvalue weighted by Gasteiger charge is 2.13. The Morgan fingerprint density at radius 1 is 1.57 bits per heavy atom. The van der Waals surface area contributed by atoms with Crippen LogP contribution in [0, 0.1) is 0 Å². The fourth-order valence-electron chi connectivity index (χ4n) is 1.25. The Bertz CT molecular complexity index is 355. The van der Waals surface area contributed by atoms with Crippen LogP contribution in [0.1, 0.15) is 16.9 Å². The van der Waals surface area contributed by atoms with Gasteiger partial charge in [0.1, 0.15) is 12.2 Å². The quantitative estimate of drug-likeness (QED) is 0.780. The normalized spacial score (nSPS) is 12.9. The van der Waals surface area contributed by atoms with Crippen molar-refractivity contribution < 1.29 is 0 Å². The molecule has 2 aromatic heterocycles.